The first-order valence-electron chi connectivity index (χ1n) is 5.96. The fourth-order valence-electron chi connectivity index (χ4n) is 1.85. The van der Waals surface area contributed by atoms with Crippen molar-refractivity contribution in [2.24, 2.45) is 5.11 Å². The van der Waals surface area contributed by atoms with Gasteiger partial charge in [-0.25, -0.2) is 0 Å². The molecule has 1 heterocycles. The molecule has 4 atom stereocenters. The van der Waals surface area contributed by atoms with Crippen molar-refractivity contribution in [1.29, 1.82) is 0 Å². The van der Waals surface area contributed by atoms with Gasteiger partial charge in [-0.2, -0.15) is 0 Å². The highest BCUT2D eigenvalue weighted by atomic mass is 32.2. The second-order valence-corrected chi connectivity index (χ2v) is 7.01. The summed E-state index contributed by atoms with van der Waals surface area (Å²) < 4.78 is -0.263. The van der Waals surface area contributed by atoms with Crippen LogP contribution >= 0.6 is 23.5 Å². The molecule has 1 aliphatic heterocycles. The monoisotopic (exact) mass is 328 g/mol. The fraction of sp³-hybridized carbons (Fsp3) is 0.455. The number of benzene rings is 1. The number of hydrogen-bond donors (Lipinski definition) is 2. The summed E-state index contributed by atoms with van der Waals surface area (Å²) in [4.78, 5) is 13.6. The van der Waals surface area contributed by atoms with Crippen molar-refractivity contribution >= 4 is 29.2 Å². The summed E-state index contributed by atoms with van der Waals surface area (Å²) in [6.07, 6.45) is -2.04. The van der Waals surface area contributed by atoms with Crippen LogP contribution < -0.4 is 0 Å². The predicted octanol–water partition coefficient (Wildman–Crippen LogP) is 2.16. The summed E-state index contributed by atoms with van der Waals surface area (Å²) in [5.74, 6) is 0.337. The van der Waals surface area contributed by atoms with Crippen molar-refractivity contribution in [2.45, 2.75) is 27.7 Å². The molecule has 0 aliphatic carbocycles. The number of aliphatic hydroxyl groups excluding tert-OH is 2. The molecule has 0 bridgehead atoms. The van der Waals surface area contributed by atoms with Crippen molar-refractivity contribution in [3.63, 3.8) is 0 Å². The molecule has 0 amide bonds. The Hall–Kier alpha value is -1.45. The zero-order valence-electron chi connectivity index (χ0n) is 10.6. The Labute approximate surface area is 128 Å². The smallest absolute Gasteiger partial charge is 0.269 e. The minimum Gasteiger partial charge on any atom is -0.390 e. The lowest BCUT2D eigenvalue weighted by Gasteiger charge is -2.34. The Kier molecular flexibility index (Phi) is 5.32. The van der Waals surface area contributed by atoms with Crippen LogP contribution in [0.25, 0.3) is 10.4 Å². The Bertz CT molecular complexity index is 564. The van der Waals surface area contributed by atoms with Crippen LogP contribution in [0.5, 0.6) is 0 Å². The van der Waals surface area contributed by atoms with Gasteiger partial charge in [0.2, 0.25) is 0 Å². The first-order chi connectivity index (χ1) is 10.0. The maximum Gasteiger partial charge on any atom is 0.269 e. The van der Waals surface area contributed by atoms with E-state index in [4.69, 9.17) is 5.53 Å². The first kappa shape index (κ1) is 15.9. The van der Waals surface area contributed by atoms with E-state index in [1.807, 2.05) is 0 Å². The van der Waals surface area contributed by atoms with Crippen LogP contribution in [0.2, 0.25) is 0 Å². The van der Waals surface area contributed by atoms with Crippen LogP contribution in [-0.4, -0.2) is 43.7 Å². The highest BCUT2D eigenvalue weighted by Crippen LogP contribution is 2.40. The number of nitro groups is 1. The van der Waals surface area contributed by atoms with E-state index in [1.165, 1.54) is 35.7 Å². The van der Waals surface area contributed by atoms with Crippen molar-refractivity contribution < 1.29 is 15.1 Å². The van der Waals surface area contributed by atoms with E-state index in [0.29, 0.717) is 5.75 Å². The molecule has 8 nitrogen and oxygen atoms in total. The Morgan fingerprint density at radius 2 is 2.10 bits per heavy atom. The molecule has 0 saturated carbocycles. The van der Waals surface area contributed by atoms with Gasteiger partial charge in [-0.05, 0) is 17.7 Å². The number of azide groups is 1. The number of nitro benzene ring substituents is 1. The maximum atomic E-state index is 10.6. The van der Waals surface area contributed by atoms with Gasteiger partial charge < -0.3 is 10.2 Å². The highest BCUT2D eigenvalue weighted by molar-refractivity contribution is 8.17. The molecule has 1 saturated heterocycles. The van der Waals surface area contributed by atoms with Crippen LogP contribution in [0.4, 0.5) is 5.69 Å². The fourth-order valence-corrected chi connectivity index (χ4v) is 4.60. The third kappa shape index (κ3) is 3.80. The molecule has 0 spiro atoms. The van der Waals surface area contributed by atoms with E-state index >= 15 is 0 Å². The summed E-state index contributed by atoms with van der Waals surface area (Å²) in [6.45, 7) is 0. The van der Waals surface area contributed by atoms with Crippen LogP contribution in [-0.2, 0) is 0 Å². The van der Waals surface area contributed by atoms with Gasteiger partial charge in [0, 0.05) is 27.7 Å². The largest absolute Gasteiger partial charge is 0.390 e. The average Bonchev–Trinajstić information content (AvgIpc) is 2.47. The molecule has 1 fully saturated rings. The molecule has 0 aromatic heterocycles. The minimum absolute atomic E-state index is 0.00213. The molecule has 1 aromatic rings. The Balaban J connectivity index is 2.13. The summed E-state index contributed by atoms with van der Waals surface area (Å²) in [5, 5.41) is 33.7. The van der Waals surface area contributed by atoms with E-state index < -0.39 is 23.2 Å². The van der Waals surface area contributed by atoms with Gasteiger partial charge in [0.1, 0.15) is 0 Å². The van der Waals surface area contributed by atoms with Crippen molar-refractivity contribution in [3.05, 3.63) is 44.8 Å². The minimum atomic E-state index is -1.11. The third-order valence-corrected chi connectivity index (χ3v) is 5.83. The van der Waals surface area contributed by atoms with Crippen molar-refractivity contribution in [2.75, 3.05) is 5.75 Å². The first-order valence-corrected chi connectivity index (χ1v) is 7.89. The Morgan fingerprint density at radius 3 is 2.67 bits per heavy atom. The van der Waals surface area contributed by atoms with Gasteiger partial charge in [-0.15, -0.1) is 23.5 Å². The van der Waals surface area contributed by atoms with Gasteiger partial charge in [0.15, 0.2) is 0 Å². The quantitative estimate of drug-likeness (QED) is 0.286. The molecule has 10 heteroatoms. The van der Waals surface area contributed by atoms with E-state index in [9.17, 15) is 20.3 Å². The van der Waals surface area contributed by atoms with Crippen LogP contribution in [0.15, 0.2) is 34.3 Å². The number of aliphatic hydroxyl groups is 2. The van der Waals surface area contributed by atoms with E-state index in [0.717, 1.165) is 4.90 Å². The second kappa shape index (κ2) is 7.01. The lowest BCUT2D eigenvalue weighted by Crippen LogP contribution is -2.46. The van der Waals surface area contributed by atoms with Gasteiger partial charge >= 0.3 is 0 Å². The number of thioether (sulfide) groups is 2. The van der Waals surface area contributed by atoms with Crippen molar-refractivity contribution in [1.82, 2.24) is 0 Å². The maximum absolute atomic E-state index is 10.6. The van der Waals surface area contributed by atoms with Crippen LogP contribution in [0.1, 0.15) is 0 Å². The predicted molar refractivity (Wildman–Crippen MR) is 80.1 cm³/mol. The molecule has 0 radical (unpaired) electrons. The lowest BCUT2D eigenvalue weighted by atomic mass is 10.1. The zero-order valence-corrected chi connectivity index (χ0v) is 12.3. The molecule has 0 unspecified atom stereocenters. The SMILES string of the molecule is [N-]=[N+]=N[C@@H]1[C@H](Sc2ccc([N+](=O)[O-])cc2)SC[C@@H](O)[C@H]1O. The standard InChI is InChI=1S/C11H12N4O4S2/c12-14-13-9-10(17)8(16)5-20-11(9)21-7-3-1-6(2-4-7)15(18)19/h1-4,8-11,16-17H,5H2/t8-,9+,10-,11+/m1/s1. The normalized spacial score (nSPS) is 28.7. The summed E-state index contributed by atoms with van der Waals surface area (Å²) in [6, 6.07) is 5.23. The van der Waals surface area contributed by atoms with Crippen molar-refractivity contribution in [3.8, 4) is 0 Å². The molecule has 1 aromatic carbocycles. The molecular formula is C11H12N4O4S2. The summed E-state index contributed by atoms with van der Waals surface area (Å²) in [5.41, 5.74) is 8.57. The zero-order chi connectivity index (χ0) is 15.4. The van der Waals surface area contributed by atoms with Gasteiger partial charge in [-0.1, -0.05) is 5.11 Å². The second-order valence-electron chi connectivity index (χ2n) is 4.32. The molecule has 2 rings (SSSR count). The molecule has 1 aliphatic rings. The van der Waals surface area contributed by atoms with Gasteiger partial charge in [0.25, 0.3) is 5.69 Å². The third-order valence-electron chi connectivity index (χ3n) is 2.94. The van der Waals surface area contributed by atoms with Gasteiger partial charge in [-0.3, -0.25) is 10.1 Å². The molecule has 21 heavy (non-hydrogen) atoms. The lowest BCUT2D eigenvalue weighted by molar-refractivity contribution is -0.384. The summed E-state index contributed by atoms with van der Waals surface area (Å²) in [7, 11) is 0. The van der Waals surface area contributed by atoms with E-state index in [1.54, 1.807) is 12.1 Å². The van der Waals surface area contributed by atoms with E-state index in [2.05, 4.69) is 10.0 Å². The Morgan fingerprint density at radius 1 is 1.43 bits per heavy atom. The average molecular weight is 328 g/mol. The van der Waals surface area contributed by atoms with E-state index in [-0.39, 0.29) is 10.3 Å². The number of rotatable bonds is 4. The number of hydrogen-bond acceptors (Lipinski definition) is 7. The molecule has 112 valence electrons. The number of non-ortho nitro benzene ring substituents is 1. The number of nitrogens with zero attached hydrogens (tertiary/aromatic N) is 4. The molecular weight excluding hydrogens is 316 g/mol. The molecule has 2 N–H and O–H groups in total. The van der Waals surface area contributed by atoms with Crippen LogP contribution in [0.3, 0.4) is 0 Å². The summed E-state index contributed by atoms with van der Waals surface area (Å²) >= 11 is 2.73. The topological polar surface area (TPSA) is 132 Å². The van der Waals surface area contributed by atoms with Crippen LogP contribution in [0, 0.1) is 10.1 Å². The highest BCUT2D eigenvalue weighted by Gasteiger charge is 2.38. The van der Waals surface area contributed by atoms with Gasteiger partial charge in [0.05, 0.1) is 27.8 Å².